The summed E-state index contributed by atoms with van der Waals surface area (Å²) in [4.78, 5) is 0. The molecule has 0 spiro atoms. The largest absolute Gasteiger partial charge is 0.490 e. The number of rotatable bonds is 2. The Hall–Kier alpha value is -1.81. The smallest absolute Gasteiger partial charge is 0.128 e. The summed E-state index contributed by atoms with van der Waals surface area (Å²) in [6.45, 7) is 7.32. The Labute approximate surface area is 125 Å². The highest BCUT2D eigenvalue weighted by Gasteiger charge is 2.26. The van der Waals surface area contributed by atoms with Crippen LogP contribution in [0, 0.1) is 0 Å². The lowest BCUT2D eigenvalue weighted by atomic mass is 9.86. The molecule has 1 aromatic heterocycles. The number of aliphatic hydroxyl groups is 1. The van der Waals surface area contributed by atoms with E-state index in [0.29, 0.717) is 13.2 Å². The van der Waals surface area contributed by atoms with Crippen LogP contribution in [0.5, 0.6) is 5.75 Å². The van der Waals surface area contributed by atoms with E-state index >= 15 is 0 Å². The predicted octanol–water partition coefficient (Wildman–Crippen LogP) is 2.99. The van der Waals surface area contributed by atoms with Gasteiger partial charge in [-0.25, -0.2) is 0 Å². The van der Waals surface area contributed by atoms with Crippen LogP contribution in [0.3, 0.4) is 0 Å². The van der Waals surface area contributed by atoms with Crippen LogP contribution in [0.1, 0.15) is 32.9 Å². The molecule has 0 bridgehead atoms. The molecule has 1 aliphatic rings. The summed E-state index contributed by atoms with van der Waals surface area (Å²) < 4.78 is 7.64. The zero-order valence-electron chi connectivity index (χ0n) is 12.8. The van der Waals surface area contributed by atoms with Gasteiger partial charge in [-0.3, -0.25) is 4.68 Å². The Bertz CT molecular complexity index is 646. The lowest BCUT2D eigenvalue weighted by Crippen LogP contribution is -2.27. The fraction of sp³-hybridized carbons (Fsp3) is 0.471. The van der Waals surface area contributed by atoms with Gasteiger partial charge in [0.05, 0.1) is 17.9 Å². The van der Waals surface area contributed by atoms with Crippen molar-refractivity contribution in [2.45, 2.75) is 45.3 Å². The first-order chi connectivity index (χ1) is 10.0. The summed E-state index contributed by atoms with van der Waals surface area (Å²) >= 11 is 0. The molecule has 3 rings (SSSR count). The highest BCUT2D eigenvalue weighted by molar-refractivity contribution is 5.68. The molecule has 0 aliphatic carbocycles. The van der Waals surface area contributed by atoms with Gasteiger partial charge in [0.15, 0.2) is 0 Å². The lowest BCUT2D eigenvalue weighted by molar-refractivity contribution is 0.0876. The second-order valence-corrected chi connectivity index (χ2v) is 6.30. The van der Waals surface area contributed by atoms with E-state index in [1.807, 2.05) is 28.9 Å². The third kappa shape index (κ3) is 2.56. The van der Waals surface area contributed by atoms with E-state index in [1.54, 1.807) is 0 Å². The number of fused-ring (bicyclic) bond motifs is 3. The maximum absolute atomic E-state index is 10.1. The van der Waals surface area contributed by atoms with Crippen LogP contribution < -0.4 is 4.74 Å². The minimum Gasteiger partial charge on any atom is -0.490 e. The number of aliphatic hydroxyl groups excluding tert-OH is 1. The van der Waals surface area contributed by atoms with Crippen LogP contribution in [0.15, 0.2) is 30.3 Å². The molecule has 0 radical (unpaired) electrons. The summed E-state index contributed by atoms with van der Waals surface area (Å²) in [5.74, 6) is 0.804. The number of nitrogens with zero attached hydrogens (tertiary/aromatic N) is 2. The Morgan fingerprint density at radius 3 is 2.90 bits per heavy atom. The van der Waals surface area contributed by atoms with Crippen molar-refractivity contribution in [3.63, 3.8) is 0 Å². The van der Waals surface area contributed by atoms with E-state index in [9.17, 15) is 5.11 Å². The molecule has 4 heteroatoms. The molecule has 0 fully saturated rings. The SMILES string of the molecule is CCC(C)(C)c1cc2n(n1)CC(O)COc1ccccc1-2. The molecule has 1 unspecified atom stereocenters. The van der Waals surface area contributed by atoms with Crippen molar-refractivity contribution in [3.8, 4) is 17.0 Å². The van der Waals surface area contributed by atoms with Crippen LogP contribution in [-0.2, 0) is 12.0 Å². The summed E-state index contributed by atoms with van der Waals surface area (Å²) in [5.41, 5.74) is 3.13. The zero-order chi connectivity index (χ0) is 15.0. The maximum atomic E-state index is 10.1. The third-order valence-corrected chi connectivity index (χ3v) is 4.34. The Balaban J connectivity index is 2.16. The van der Waals surface area contributed by atoms with Gasteiger partial charge in [0.1, 0.15) is 18.5 Å². The number of hydrogen-bond acceptors (Lipinski definition) is 3. The van der Waals surface area contributed by atoms with Crippen LogP contribution in [0.4, 0.5) is 0 Å². The number of benzene rings is 1. The molecule has 1 aliphatic heterocycles. The van der Waals surface area contributed by atoms with Gasteiger partial charge in [0.25, 0.3) is 0 Å². The highest BCUT2D eigenvalue weighted by Crippen LogP contribution is 2.35. The zero-order valence-corrected chi connectivity index (χ0v) is 12.8. The second-order valence-electron chi connectivity index (χ2n) is 6.30. The van der Waals surface area contributed by atoms with Crippen molar-refractivity contribution in [2.75, 3.05) is 6.61 Å². The first kappa shape index (κ1) is 14.1. The average molecular weight is 286 g/mol. The van der Waals surface area contributed by atoms with Gasteiger partial charge in [-0.05, 0) is 24.6 Å². The van der Waals surface area contributed by atoms with E-state index in [2.05, 4.69) is 26.8 Å². The monoisotopic (exact) mass is 286 g/mol. The first-order valence-electron chi connectivity index (χ1n) is 7.50. The van der Waals surface area contributed by atoms with Crippen LogP contribution in [0.2, 0.25) is 0 Å². The molecule has 0 saturated carbocycles. The molecule has 1 aromatic carbocycles. The minimum absolute atomic E-state index is 0.0226. The normalized spacial score (nSPS) is 18.2. The van der Waals surface area contributed by atoms with Gasteiger partial charge >= 0.3 is 0 Å². The van der Waals surface area contributed by atoms with Crippen LogP contribution in [-0.4, -0.2) is 27.6 Å². The number of para-hydroxylation sites is 1. The van der Waals surface area contributed by atoms with Crippen molar-refractivity contribution in [1.82, 2.24) is 9.78 Å². The third-order valence-electron chi connectivity index (χ3n) is 4.34. The van der Waals surface area contributed by atoms with E-state index < -0.39 is 6.10 Å². The van der Waals surface area contributed by atoms with Gasteiger partial charge < -0.3 is 9.84 Å². The summed E-state index contributed by atoms with van der Waals surface area (Å²) in [7, 11) is 0. The lowest BCUT2D eigenvalue weighted by Gasteiger charge is -2.20. The number of ether oxygens (including phenoxy) is 1. The maximum Gasteiger partial charge on any atom is 0.128 e. The van der Waals surface area contributed by atoms with Crippen molar-refractivity contribution < 1.29 is 9.84 Å². The van der Waals surface area contributed by atoms with Crippen molar-refractivity contribution in [2.24, 2.45) is 0 Å². The molecule has 0 amide bonds. The standard InChI is InChI=1S/C17H22N2O2/c1-4-17(2,3)16-9-14-13-7-5-6-8-15(13)21-11-12(20)10-19(14)18-16/h5-9,12,20H,4,10-11H2,1-3H3. The average Bonchev–Trinajstić information content (AvgIpc) is 2.88. The Kier molecular flexibility index (Phi) is 3.49. The topological polar surface area (TPSA) is 47.3 Å². The molecule has 2 aromatic rings. The van der Waals surface area contributed by atoms with Gasteiger partial charge in [0.2, 0.25) is 0 Å². The fourth-order valence-electron chi connectivity index (χ4n) is 2.53. The van der Waals surface area contributed by atoms with Crippen molar-refractivity contribution in [1.29, 1.82) is 0 Å². The predicted molar refractivity (Wildman–Crippen MR) is 82.5 cm³/mol. The quantitative estimate of drug-likeness (QED) is 0.923. The summed E-state index contributed by atoms with van der Waals surface area (Å²) in [5, 5.41) is 14.8. The molecule has 1 N–H and O–H groups in total. The minimum atomic E-state index is -0.547. The Morgan fingerprint density at radius 2 is 2.14 bits per heavy atom. The molecule has 4 nitrogen and oxygen atoms in total. The number of aromatic nitrogens is 2. The molecule has 112 valence electrons. The number of hydrogen-bond donors (Lipinski definition) is 1. The van der Waals surface area contributed by atoms with Crippen molar-refractivity contribution >= 4 is 0 Å². The molecule has 0 saturated heterocycles. The van der Waals surface area contributed by atoms with Gasteiger partial charge in [-0.15, -0.1) is 0 Å². The van der Waals surface area contributed by atoms with Gasteiger partial charge in [-0.1, -0.05) is 32.9 Å². The molecular weight excluding hydrogens is 264 g/mol. The van der Waals surface area contributed by atoms with Gasteiger partial charge in [-0.2, -0.15) is 5.10 Å². The molecule has 2 heterocycles. The highest BCUT2D eigenvalue weighted by atomic mass is 16.5. The molecule has 1 atom stereocenters. The molecular formula is C17H22N2O2. The van der Waals surface area contributed by atoms with Gasteiger partial charge in [0, 0.05) is 11.0 Å². The first-order valence-corrected chi connectivity index (χ1v) is 7.50. The second kappa shape index (κ2) is 5.19. The van der Waals surface area contributed by atoms with E-state index in [4.69, 9.17) is 9.84 Å². The van der Waals surface area contributed by atoms with E-state index in [-0.39, 0.29) is 5.41 Å². The Morgan fingerprint density at radius 1 is 1.38 bits per heavy atom. The fourth-order valence-corrected chi connectivity index (χ4v) is 2.53. The van der Waals surface area contributed by atoms with Crippen molar-refractivity contribution in [3.05, 3.63) is 36.0 Å². The molecule has 21 heavy (non-hydrogen) atoms. The summed E-state index contributed by atoms with van der Waals surface area (Å²) in [6, 6.07) is 10.1. The summed E-state index contributed by atoms with van der Waals surface area (Å²) in [6.07, 6.45) is 0.471. The van der Waals surface area contributed by atoms with E-state index in [1.165, 1.54) is 0 Å². The van der Waals surface area contributed by atoms with Crippen LogP contribution >= 0.6 is 0 Å². The van der Waals surface area contributed by atoms with E-state index in [0.717, 1.165) is 29.1 Å². The van der Waals surface area contributed by atoms with Crippen LogP contribution in [0.25, 0.3) is 11.3 Å².